The quantitative estimate of drug-likeness (QED) is 0.563. The highest BCUT2D eigenvalue weighted by atomic mass is 16.5. The maximum absolute atomic E-state index is 5.41. The zero-order chi connectivity index (χ0) is 9.94. The molecule has 0 aromatic rings. The number of ether oxygens (including phenoxy) is 1. The van der Waals surface area contributed by atoms with Crippen molar-refractivity contribution < 1.29 is 4.74 Å². The summed E-state index contributed by atoms with van der Waals surface area (Å²) >= 11 is 0. The van der Waals surface area contributed by atoms with Gasteiger partial charge in [0.2, 0.25) is 0 Å². The van der Waals surface area contributed by atoms with Crippen LogP contribution in [0, 0.1) is 0 Å². The van der Waals surface area contributed by atoms with E-state index in [1.165, 1.54) is 44.9 Å². The summed E-state index contributed by atoms with van der Waals surface area (Å²) < 4.78 is 5.18. The Bertz CT molecular complexity index is 96.1. The standard InChI is InChI=1S/C11H25NO/c1-11(13-2)9-7-5-3-4-6-8-10-12/h11H,3-10,12H2,1-2H3. The Morgan fingerprint density at radius 2 is 1.54 bits per heavy atom. The van der Waals surface area contributed by atoms with Gasteiger partial charge in [0.05, 0.1) is 6.10 Å². The number of rotatable bonds is 9. The molecule has 0 bridgehead atoms. The zero-order valence-electron chi connectivity index (χ0n) is 9.22. The van der Waals surface area contributed by atoms with E-state index in [2.05, 4.69) is 6.92 Å². The number of hydrogen-bond acceptors (Lipinski definition) is 2. The molecule has 1 atom stereocenters. The first-order chi connectivity index (χ1) is 6.31. The number of methoxy groups -OCH3 is 1. The van der Waals surface area contributed by atoms with Crippen molar-refractivity contribution in [3.8, 4) is 0 Å². The second kappa shape index (κ2) is 10.0. The van der Waals surface area contributed by atoms with Gasteiger partial charge in [0.25, 0.3) is 0 Å². The van der Waals surface area contributed by atoms with Crippen molar-refractivity contribution in [1.29, 1.82) is 0 Å². The SMILES string of the molecule is COC(C)CCCCCCCCN. The van der Waals surface area contributed by atoms with Crippen LogP contribution in [0.25, 0.3) is 0 Å². The van der Waals surface area contributed by atoms with Crippen LogP contribution in [-0.2, 0) is 4.74 Å². The Balaban J connectivity index is 2.91. The van der Waals surface area contributed by atoms with E-state index < -0.39 is 0 Å². The Morgan fingerprint density at radius 1 is 1.00 bits per heavy atom. The molecule has 2 heteroatoms. The first-order valence-electron chi connectivity index (χ1n) is 5.54. The van der Waals surface area contributed by atoms with Crippen LogP contribution in [0.3, 0.4) is 0 Å². The Morgan fingerprint density at radius 3 is 2.08 bits per heavy atom. The summed E-state index contributed by atoms with van der Waals surface area (Å²) in [6, 6.07) is 0. The van der Waals surface area contributed by atoms with Gasteiger partial charge < -0.3 is 10.5 Å². The third kappa shape index (κ3) is 9.84. The molecule has 0 aliphatic heterocycles. The van der Waals surface area contributed by atoms with Gasteiger partial charge >= 0.3 is 0 Å². The van der Waals surface area contributed by atoms with Gasteiger partial charge in [-0.1, -0.05) is 32.1 Å². The third-order valence-corrected chi connectivity index (χ3v) is 2.47. The summed E-state index contributed by atoms with van der Waals surface area (Å²) in [7, 11) is 1.78. The average Bonchev–Trinajstić information content (AvgIpc) is 2.16. The molecular weight excluding hydrogens is 162 g/mol. The lowest BCUT2D eigenvalue weighted by Gasteiger charge is -2.08. The summed E-state index contributed by atoms with van der Waals surface area (Å²) in [4.78, 5) is 0. The first kappa shape index (κ1) is 12.9. The Labute approximate surface area is 82.8 Å². The highest BCUT2D eigenvalue weighted by Gasteiger charge is 1.97. The molecule has 13 heavy (non-hydrogen) atoms. The molecule has 0 aliphatic rings. The molecule has 1 unspecified atom stereocenters. The molecule has 0 spiro atoms. The molecule has 0 saturated carbocycles. The molecule has 2 nitrogen and oxygen atoms in total. The second-order valence-corrected chi connectivity index (χ2v) is 3.74. The van der Waals surface area contributed by atoms with Crippen LogP contribution in [-0.4, -0.2) is 19.8 Å². The maximum Gasteiger partial charge on any atom is 0.0543 e. The molecule has 0 fully saturated rings. The maximum atomic E-state index is 5.41. The summed E-state index contributed by atoms with van der Waals surface area (Å²) in [5.41, 5.74) is 5.41. The van der Waals surface area contributed by atoms with Crippen LogP contribution >= 0.6 is 0 Å². The van der Waals surface area contributed by atoms with Crippen molar-refractivity contribution in [2.24, 2.45) is 5.73 Å². The number of hydrogen-bond donors (Lipinski definition) is 1. The van der Waals surface area contributed by atoms with Gasteiger partial charge in [-0.05, 0) is 26.3 Å². The van der Waals surface area contributed by atoms with Crippen molar-refractivity contribution in [3.63, 3.8) is 0 Å². The highest BCUT2D eigenvalue weighted by molar-refractivity contribution is 4.51. The normalized spacial score (nSPS) is 13.2. The topological polar surface area (TPSA) is 35.2 Å². The molecule has 0 rings (SSSR count). The van der Waals surface area contributed by atoms with Crippen LogP contribution < -0.4 is 5.73 Å². The lowest BCUT2D eigenvalue weighted by molar-refractivity contribution is 0.108. The lowest BCUT2D eigenvalue weighted by Crippen LogP contribution is -2.03. The van der Waals surface area contributed by atoms with Crippen LogP contribution in [0.15, 0.2) is 0 Å². The molecule has 0 aliphatic carbocycles. The summed E-state index contributed by atoms with van der Waals surface area (Å²) in [6.07, 6.45) is 9.48. The van der Waals surface area contributed by atoms with Crippen molar-refractivity contribution in [2.75, 3.05) is 13.7 Å². The first-order valence-corrected chi connectivity index (χ1v) is 5.54. The highest BCUT2D eigenvalue weighted by Crippen LogP contribution is 2.09. The van der Waals surface area contributed by atoms with Gasteiger partial charge in [-0.2, -0.15) is 0 Å². The molecule has 80 valence electrons. The molecule has 2 N–H and O–H groups in total. The zero-order valence-corrected chi connectivity index (χ0v) is 9.22. The van der Waals surface area contributed by atoms with Gasteiger partial charge in [0, 0.05) is 7.11 Å². The molecule has 0 radical (unpaired) electrons. The van der Waals surface area contributed by atoms with Gasteiger partial charge in [-0.15, -0.1) is 0 Å². The molecule has 0 aromatic carbocycles. The Kier molecular flexibility index (Phi) is 9.94. The predicted octanol–water partition coefficient (Wildman–Crippen LogP) is 2.71. The van der Waals surface area contributed by atoms with Crippen LogP contribution in [0.1, 0.15) is 51.9 Å². The second-order valence-electron chi connectivity index (χ2n) is 3.74. The minimum absolute atomic E-state index is 0.434. The van der Waals surface area contributed by atoms with E-state index in [4.69, 9.17) is 10.5 Å². The Hall–Kier alpha value is -0.0800. The molecule has 0 amide bonds. The fraction of sp³-hybridized carbons (Fsp3) is 1.00. The van der Waals surface area contributed by atoms with Gasteiger partial charge in [0.15, 0.2) is 0 Å². The largest absolute Gasteiger partial charge is 0.382 e. The van der Waals surface area contributed by atoms with Crippen LogP contribution in [0.5, 0.6) is 0 Å². The third-order valence-electron chi connectivity index (χ3n) is 2.47. The summed E-state index contributed by atoms with van der Waals surface area (Å²) in [5.74, 6) is 0. The fourth-order valence-corrected chi connectivity index (χ4v) is 1.40. The monoisotopic (exact) mass is 187 g/mol. The van der Waals surface area contributed by atoms with Crippen molar-refractivity contribution in [2.45, 2.75) is 58.0 Å². The average molecular weight is 187 g/mol. The number of unbranched alkanes of at least 4 members (excludes halogenated alkanes) is 5. The minimum atomic E-state index is 0.434. The summed E-state index contributed by atoms with van der Waals surface area (Å²) in [6.45, 7) is 2.98. The molecule has 0 aromatic heterocycles. The van der Waals surface area contributed by atoms with Gasteiger partial charge in [-0.3, -0.25) is 0 Å². The van der Waals surface area contributed by atoms with Crippen molar-refractivity contribution >= 4 is 0 Å². The molecule has 0 saturated heterocycles. The van der Waals surface area contributed by atoms with Crippen molar-refractivity contribution in [3.05, 3.63) is 0 Å². The van der Waals surface area contributed by atoms with E-state index in [-0.39, 0.29) is 0 Å². The summed E-state index contributed by atoms with van der Waals surface area (Å²) in [5, 5.41) is 0. The smallest absolute Gasteiger partial charge is 0.0543 e. The van der Waals surface area contributed by atoms with E-state index in [1.54, 1.807) is 7.11 Å². The van der Waals surface area contributed by atoms with E-state index >= 15 is 0 Å². The van der Waals surface area contributed by atoms with E-state index in [1.807, 2.05) is 0 Å². The van der Waals surface area contributed by atoms with E-state index in [0.29, 0.717) is 6.10 Å². The van der Waals surface area contributed by atoms with Crippen molar-refractivity contribution in [1.82, 2.24) is 0 Å². The van der Waals surface area contributed by atoms with Crippen LogP contribution in [0.4, 0.5) is 0 Å². The van der Waals surface area contributed by atoms with Gasteiger partial charge in [-0.25, -0.2) is 0 Å². The van der Waals surface area contributed by atoms with E-state index in [0.717, 1.165) is 6.54 Å². The van der Waals surface area contributed by atoms with E-state index in [9.17, 15) is 0 Å². The lowest BCUT2D eigenvalue weighted by atomic mass is 10.1. The van der Waals surface area contributed by atoms with Gasteiger partial charge in [0.1, 0.15) is 0 Å². The fourth-order valence-electron chi connectivity index (χ4n) is 1.40. The predicted molar refractivity (Wildman–Crippen MR) is 57.8 cm³/mol. The minimum Gasteiger partial charge on any atom is -0.382 e. The van der Waals surface area contributed by atoms with Crippen LogP contribution in [0.2, 0.25) is 0 Å². The molecular formula is C11H25NO. The number of nitrogens with two attached hydrogens (primary N) is 1. The molecule has 0 heterocycles.